The summed E-state index contributed by atoms with van der Waals surface area (Å²) >= 11 is 0. The Morgan fingerprint density at radius 3 is 1.97 bits per heavy atom. The normalized spacial score (nSPS) is 11.6. The molecule has 0 fully saturated rings. The molecule has 0 aromatic heterocycles. The predicted molar refractivity (Wildman–Crippen MR) is 118 cm³/mol. The van der Waals surface area contributed by atoms with E-state index in [4.69, 9.17) is 0 Å². The fraction of sp³-hybridized carbons (Fsp3) is 0.200. The van der Waals surface area contributed by atoms with Gasteiger partial charge in [0.2, 0.25) is 5.91 Å². The zero-order valence-electron chi connectivity index (χ0n) is 17.1. The van der Waals surface area contributed by atoms with Crippen LogP contribution in [0.2, 0.25) is 0 Å². The van der Waals surface area contributed by atoms with Gasteiger partial charge < -0.3 is 10.2 Å². The number of carbonyl (C=O) groups is 2. The smallest absolute Gasteiger partial charge is 0.258 e. The molecular weight excluding hydrogens is 360 g/mol. The lowest BCUT2D eigenvalue weighted by Gasteiger charge is -2.17. The highest BCUT2D eigenvalue weighted by Gasteiger charge is 2.13. The van der Waals surface area contributed by atoms with Gasteiger partial charge in [-0.1, -0.05) is 54.6 Å². The molecule has 0 saturated carbocycles. The van der Waals surface area contributed by atoms with E-state index in [1.807, 2.05) is 61.5 Å². The number of carbonyl (C=O) groups excluding carboxylic acids is 2. The molecule has 4 nitrogen and oxygen atoms in total. The highest BCUT2D eigenvalue weighted by Crippen LogP contribution is 2.22. The van der Waals surface area contributed by atoms with Crippen LogP contribution in [-0.4, -0.2) is 24.9 Å². The van der Waals surface area contributed by atoms with E-state index in [0.717, 1.165) is 23.2 Å². The van der Waals surface area contributed by atoms with Crippen molar-refractivity contribution in [1.29, 1.82) is 0 Å². The lowest BCUT2D eigenvalue weighted by molar-refractivity contribution is -0.119. The SMILES string of the molecule is CC(=O)NC(C)Cc1ccc(-c2ccc(C(=O)N(C)c3ccccc3)cc2)cc1. The Morgan fingerprint density at radius 1 is 0.862 bits per heavy atom. The number of hydrogen-bond donors (Lipinski definition) is 1. The predicted octanol–water partition coefficient (Wildman–Crippen LogP) is 4.70. The van der Waals surface area contributed by atoms with Gasteiger partial charge in [-0.15, -0.1) is 0 Å². The summed E-state index contributed by atoms with van der Waals surface area (Å²) in [5.41, 5.74) is 4.85. The van der Waals surface area contributed by atoms with Gasteiger partial charge in [0, 0.05) is 31.3 Å². The maximum absolute atomic E-state index is 12.7. The van der Waals surface area contributed by atoms with E-state index in [1.54, 1.807) is 11.9 Å². The molecular formula is C25H26N2O2. The van der Waals surface area contributed by atoms with E-state index < -0.39 is 0 Å². The second kappa shape index (κ2) is 9.20. The first-order chi connectivity index (χ1) is 13.9. The summed E-state index contributed by atoms with van der Waals surface area (Å²) in [6, 6.07) is 25.7. The van der Waals surface area contributed by atoms with Crippen LogP contribution >= 0.6 is 0 Å². The van der Waals surface area contributed by atoms with Gasteiger partial charge in [0.1, 0.15) is 0 Å². The molecule has 1 N–H and O–H groups in total. The van der Waals surface area contributed by atoms with Crippen molar-refractivity contribution in [3.63, 3.8) is 0 Å². The molecule has 0 aliphatic rings. The van der Waals surface area contributed by atoms with Crippen LogP contribution in [-0.2, 0) is 11.2 Å². The zero-order chi connectivity index (χ0) is 20.8. The van der Waals surface area contributed by atoms with Crippen molar-refractivity contribution in [3.8, 4) is 11.1 Å². The average Bonchev–Trinajstić information content (AvgIpc) is 2.73. The van der Waals surface area contributed by atoms with Crippen LogP contribution in [0.1, 0.15) is 29.8 Å². The molecule has 3 aromatic carbocycles. The molecule has 29 heavy (non-hydrogen) atoms. The van der Waals surface area contributed by atoms with Crippen LogP contribution in [0.5, 0.6) is 0 Å². The topological polar surface area (TPSA) is 49.4 Å². The Hall–Kier alpha value is -3.40. The third kappa shape index (κ3) is 5.32. The Labute approximate surface area is 172 Å². The number of nitrogens with one attached hydrogen (secondary N) is 1. The Balaban J connectivity index is 1.68. The van der Waals surface area contributed by atoms with Crippen LogP contribution in [0.4, 0.5) is 5.69 Å². The minimum absolute atomic E-state index is 0.0123. The molecule has 0 bridgehead atoms. The Bertz CT molecular complexity index is 964. The fourth-order valence-corrected chi connectivity index (χ4v) is 3.35. The minimum atomic E-state index is -0.0370. The summed E-state index contributed by atoms with van der Waals surface area (Å²) in [5, 5.41) is 2.90. The summed E-state index contributed by atoms with van der Waals surface area (Å²) in [6.07, 6.45) is 0.791. The van der Waals surface area contributed by atoms with Crippen LogP contribution in [0.3, 0.4) is 0 Å². The van der Waals surface area contributed by atoms with Crippen molar-refractivity contribution < 1.29 is 9.59 Å². The Kier molecular flexibility index (Phi) is 6.45. The van der Waals surface area contributed by atoms with Gasteiger partial charge in [-0.2, -0.15) is 0 Å². The van der Waals surface area contributed by atoms with Crippen molar-refractivity contribution >= 4 is 17.5 Å². The summed E-state index contributed by atoms with van der Waals surface area (Å²) in [4.78, 5) is 25.5. The quantitative estimate of drug-likeness (QED) is 0.668. The van der Waals surface area contributed by atoms with Crippen LogP contribution in [0, 0.1) is 0 Å². The molecule has 0 aliphatic carbocycles. The first kappa shape index (κ1) is 20.3. The van der Waals surface area contributed by atoms with E-state index >= 15 is 0 Å². The fourth-order valence-electron chi connectivity index (χ4n) is 3.35. The number of para-hydroxylation sites is 1. The lowest BCUT2D eigenvalue weighted by Crippen LogP contribution is -2.31. The summed E-state index contributed by atoms with van der Waals surface area (Å²) < 4.78 is 0. The number of benzene rings is 3. The molecule has 1 atom stereocenters. The van der Waals surface area contributed by atoms with Gasteiger partial charge in [0.05, 0.1) is 0 Å². The first-order valence-electron chi connectivity index (χ1n) is 9.73. The van der Waals surface area contributed by atoms with Crippen LogP contribution < -0.4 is 10.2 Å². The Morgan fingerprint density at radius 2 is 1.41 bits per heavy atom. The number of hydrogen-bond acceptors (Lipinski definition) is 2. The molecule has 4 heteroatoms. The lowest BCUT2D eigenvalue weighted by atomic mass is 10.00. The van der Waals surface area contributed by atoms with Crippen molar-refractivity contribution in [1.82, 2.24) is 5.32 Å². The molecule has 1 unspecified atom stereocenters. The highest BCUT2D eigenvalue weighted by atomic mass is 16.2. The molecule has 148 valence electrons. The van der Waals surface area contributed by atoms with E-state index in [9.17, 15) is 9.59 Å². The third-order valence-corrected chi connectivity index (χ3v) is 4.86. The van der Waals surface area contributed by atoms with Gasteiger partial charge in [0.25, 0.3) is 5.91 Å². The van der Waals surface area contributed by atoms with E-state index in [0.29, 0.717) is 5.56 Å². The van der Waals surface area contributed by atoms with Crippen molar-refractivity contribution in [2.45, 2.75) is 26.3 Å². The van der Waals surface area contributed by atoms with E-state index in [1.165, 1.54) is 12.5 Å². The summed E-state index contributed by atoms with van der Waals surface area (Å²) in [7, 11) is 1.78. The largest absolute Gasteiger partial charge is 0.354 e. The molecule has 0 aliphatic heterocycles. The first-order valence-corrected chi connectivity index (χ1v) is 9.73. The average molecular weight is 386 g/mol. The molecule has 0 saturated heterocycles. The van der Waals surface area contributed by atoms with Gasteiger partial charge in [-0.3, -0.25) is 9.59 Å². The number of amides is 2. The molecule has 3 rings (SSSR count). The molecule has 0 heterocycles. The summed E-state index contributed by atoms with van der Waals surface area (Å²) in [5.74, 6) is -0.0493. The second-order valence-corrected chi connectivity index (χ2v) is 7.28. The number of nitrogens with zero attached hydrogens (tertiary/aromatic N) is 1. The minimum Gasteiger partial charge on any atom is -0.354 e. The highest BCUT2D eigenvalue weighted by molar-refractivity contribution is 6.05. The standard InChI is InChI=1S/C25H26N2O2/c1-18(26-19(2)28)17-20-9-11-21(12-10-20)22-13-15-23(16-14-22)25(29)27(3)24-7-5-4-6-8-24/h4-16,18H,17H2,1-3H3,(H,26,28). The van der Waals surface area contributed by atoms with E-state index in [-0.39, 0.29) is 17.9 Å². The maximum Gasteiger partial charge on any atom is 0.258 e. The van der Waals surface area contributed by atoms with Gasteiger partial charge >= 0.3 is 0 Å². The number of rotatable bonds is 6. The van der Waals surface area contributed by atoms with Crippen molar-refractivity contribution in [2.24, 2.45) is 0 Å². The van der Waals surface area contributed by atoms with Crippen LogP contribution in [0.25, 0.3) is 11.1 Å². The third-order valence-electron chi connectivity index (χ3n) is 4.86. The summed E-state index contributed by atoms with van der Waals surface area (Å²) in [6.45, 7) is 3.53. The molecule has 2 amide bonds. The van der Waals surface area contributed by atoms with Crippen molar-refractivity contribution in [2.75, 3.05) is 11.9 Å². The van der Waals surface area contributed by atoms with Gasteiger partial charge in [-0.25, -0.2) is 0 Å². The molecule has 0 radical (unpaired) electrons. The maximum atomic E-state index is 12.7. The van der Waals surface area contributed by atoms with Crippen molar-refractivity contribution in [3.05, 3.63) is 90.0 Å². The second-order valence-electron chi connectivity index (χ2n) is 7.28. The van der Waals surface area contributed by atoms with Gasteiger partial charge in [0.15, 0.2) is 0 Å². The van der Waals surface area contributed by atoms with Gasteiger partial charge in [-0.05, 0) is 54.3 Å². The van der Waals surface area contributed by atoms with E-state index in [2.05, 4.69) is 29.6 Å². The zero-order valence-corrected chi connectivity index (χ0v) is 17.1. The molecule has 3 aromatic rings. The monoisotopic (exact) mass is 386 g/mol. The van der Waals surface area contributed by atoms with Crippen LogP contribution in [0.15, 0.2) is 78.9 Å². The number of anilines is 1. The molecule has 0 spiro atoms.